The number of hydrogen-bond donors (Lipinski definition) is 1. The van der Waals surface area contributed by atoms with Crippen LogP contribution in [0.4, 0.5) is 10.5 Å². The number of hydrogen-bond acceptors (Lipinski definition) is 3. The lowest BCUT2D eigenvalue weighted by Crippen LogP contribution is -2.34. The zero-order valence-corrected chi connectivity index (χ0v) is 14.9. The number of nitrogens with one attached hydrogen (secondary N) is 1. The molecule has 0 spiro atoms. The van der Waals surface area contributed by atoms with Crippen molar-refractivity contribution in [3.05, 3.63) is 53.6 Å². The number of benzene rings is 2. The van der Waals surface area contributed by atoms with Gasteiger partial charge < -0.3 is 19.7 Å². The van der Waals surface area contributed by atoms with Crippen molar-refractivity contribution in [1.29, 1.82) is 0 Å². The molecule has 0 bridgehead atoms. The van der Waals surface area contributed by atoms with Crippen LogP contribution < -0.4 is 14.8 Å². The molecule has 1 aliphatic rings. The molecule has 1 unspecified atom stereocenters. The second-order valence-electron chi connectivity index (χ2n) is 6.29. The molecular formula is C20H24N2O3. The number of likely N-dealkylation sites (tertiary alicyclic amines) is 1. The topological polar surface area (TPSA) is 50.8 Å². The van der Waals surface area contributed by atoms with Crippen molar-refractivity contribution >= 4 is 11.7 Å². The highest BCUT2D eigenvalue weighted by Crippen LogP contribution is 2.33. The Kier molecular flexibility index (Phi) is 5.12. The summed E-state index contributed by atoms with van der Waals surface area (Å²) in [6, 6.07) is 13.8. The standard InChI is InChI=1S/C20H24N2O3/c1-14-6-8-15(9-7-14)19-5-4-10-22(19)20(23)21-16-11-17(24-2)13-18(12-16)25-3/h6-9,11-13,19H,4-5,10H2,1-3H3,(H,21,23). The maximum Gasteiger partial charge on any atom is 0.322 e. The number of ether oxygens (including phenoxy) is 2. The van der Waals surface area contributed by atoms with Crippen molar-refractivity contribution in [2.45, 2.75) is 25.8 Å². The number of amides is 2. The monoisotopic (exact) mass is 340 g/mol. The van der Waals surface area contributed by atoms with Crippen LogP contribution in [0, 0.1) is 6.92 Å². The second-order valence-corrected chi connectivity index (χ2v) is 6.29. The van der Waals surface area contributed by atoms with Crippen molar-refractivity contribution < 1.29 is 14.3 Å². The molecule has 3 rings (SSSR count). The minimum absolute atomic E-state index is 0.0987. The Bertz CT molecular complexity index is 721. The van der Waals surface area contributed by atoms with Gasteiger partial charge in [-0.25, -0.2) is 4.79 Å². The molecule has 0 radical (unpaired) electrons. The van der Waals surface area contributed by atoms with Gasteiger partial charge in [-0.15, -0.1) is 0 Å². The van der Waals surface area contributed by atoms with E-state index in [0.29, 0.717) is 17.2 Å². The molecule has 5 heteroatoms. The van der Waals surface area contributed by atoms with Crippen LogP contribution in [0.5, 0.6) is 11.5 Å². The number of nitrogens with zero attached hydrogens (tertiary/aromatic N) is 1. The first kappa shape index (κ1) is 17.1. The molecule has 1 fully saturated rings. The Morgan fingerprint density at radius 1 is 1.08 bits per heavy atom. The van der Waals surface area contributed by atoms with Gasteiger partial charge >= 0.3 is 6.03 Å². The lowest BCUT2D eigenvalue weighted by molar-refractivity contribution is 0.207. The van der Waals surface area contributed by atoms with Gasteiger partial charge in [-0.3, -0.25) is 0 Å². The second kappa shape index (κ2) is 7.47. The number of anilines is 1. The first-order valence-corrected chi connectivity index (χ1v) is 8.48. The van der Waals surface area contributed by atoms with E-state index in [1.165, 1.54) is 11.1 Å². The van der Waals surface area contributed by atoms with Crippen molar-refractivity contribution in [3.63, 3.8) is 0 Å². The number of carbonyl (C=O) groups excluding carboxylic acids is 1. The van der Waals surface area contributed by atoms with E-state index in [1.54, 1.807) is 32.4 Å². The summed E-state index contributed by atoms with van der Waals surface area (Å²) < 4.78 is 10.5. The zero-order chi connectivity index (χ0) is 17.8. The third-order valence-electron chi connectivity index (χ3n) is 4.58. The van der Waals surface area contributed by atoms with Crippen LogP contribution in [0.2, 0.25) is 0 Å². The van der Waals surface area contributed by atoms with Gasteiger partial charge in [0.25, 0.3) is 0 Å². The average molecular weight is 340 g/mol. The van der Waals surface area contributed by atoms with Gasteiger partial charge in [0, 0.05) is 30.4 Å². The predicted octanol–water partition coefficient (Wildman–Crippen LogP) is 4.38. The highest BCUT2D eigenvalue weighted by Gasteiger charge is 2.30. The molecule has 1 aliphatic heterocycles. The maximum absolute atomic E-state index is 12.8. The molecule has 2 aromatic carbocycles. The highest BCUT2D eigenvalue weighted by molar-refractivity contribution is 5.90. The van der Waals surface area contributed by atoms with Crippen LogP contribution in [-0.2, 0) is 0 Å². The molecule has 2 amide bonds. The molecule has 1 N–H and O–H groups in total. The quantitative estimate of drug-likeness (QED) is 0.898. The molecule has 2 aromatic rings. The molecule has 0 aromatic heterocycles. The molecule has 1 heterocycles. The SMILES string of the molecule is COc1cc(NC(=O)N2CCCC2c2ccc(C)cc2)cc(OC)c1. The third-order valence-corrected chi connectivity index (χ3v) is 4.58. The molecular weight excluding hydrogens is 316 g/mol. The lowest BCUT2D eigenvalue weighted by atomic mass is 10.0. The smallest absolute Gasteiger partial charge is 0.322 e. The minimum atomic E-state index is -0.0987. The molecule has 5 nitrogen and oxygen atoms in total. The largest absolute Gasteiger partial charge is 0.497 e. The van der Waals surface area contributed by atoms with E-state index >= 15 is 0 Å². The first-order chi connectivity index (χ1) is 12.1. The molecule has 132 valence electrons. The van der Waals surface area contributed by atoms with Crippen molar-refractivity contribution in [1.82, 2.24) is 4.90 Å². The molecule has 0 aliphatic carbocycles. The summed E-state index contributed by atoms with van der Waals surface area (Å²) in [7, 11) is 3.18. The van der Waals surface area contributed by atoms with E-state index in [2.05, 4.69) is 36.5 Å². The van der Waals surface area contributed by atoms with E-state index in [4.69, 9.17) is 9.47 Å². The minimum Gasteiger partial charge on any atom is -0.497 e. The lowest BCUT2D eigenvalue weighted by Gasteiger charge is -2.25. The molecule has 1 saturated heterocycles. The molecule has 25 heavy (non-hydrogen) atoms. The Morgan fingerprint density at radius 2 is 1.72 bits per heavy atom. The highest BCUT2D eigenvalue weighted by atomic mass is 16.5. The number of methoxy groups -OCH3 is 2. The van der Waals surface area contributed by atoms with Crippen molar-refractivity contribution in [2.24, 2.45) is 0 Å². The number of urea groups is 1. The van der Waals surface area contributed by atoms with Gasteiger partial charge in [-0.1, -0.05) is 29.8 Å². The normalized spacial score (nSPS) is 16.6. The summed E-state index contributed by atoms with van der Waals surface area (Å²) in [5.74, 6) is 1.29. The first-order valence-electron chi connectivity index (χ1n) is 8.48. The molecule has 1 atom stereocenters. The number of aryl methyl sites for hydroxylation is 1. The summed E-state index contributed by atoms with van der Waals surface area (Å²) >= 11 is 0. The van der Waals surface area contributed by atoms with Gasteiger partial charge in [-0.05, 0) is 25.3 Å². The van der Waals surface area contributed by atoms with E-state index in [0.717, 1.165) is 19.4 Å². The van der Waals surface area contributed by atoms with Gasteiger partial charge in [-0.2, -0.15) is 0 Å². The summed E-state index contributed by atoms with van der Waals surface area (Å²) in [6.07, 6.45) is 1.99. The van der Waals surface area contributed by atoms with E-state index in [9.17, 15) is 4.79 Å². The van der Waals surface area contributed by atoms with Crippen LogP contribution in [0.1, 0.15) is 30.0 Å². The number of rotatable bonds is 4. The predicted molar refractivity (Wildman–Crippen MR) is 98.4 cm³/mol. The fourth-order valence-corrected chi connectivity index (χ4v) is 3.22. The van der Waals surface area contributed by atoms with Crippen LogP contribution in [-0.4, -0.2) is 31.7 Å². The van der Waals surface area contributed by atoms with E-state index in [1.807, 2.05) is 4.90 Å². The van der Waals surface area contributed by atoms with Crippen LogP contribution >= 0.6 is 0 Å². The van der Waals surface area contributed by atoms with E-state index < -0.39 is 0 Å². The maximum atomic E-state index is 12.8. The van der Waals surface area contributed by atoms with Gasteiger partial charge in [0.05, 0.1) is 20.3 Å². The Morgan fingerprint density at radius 3 is 2.32 bits per heavy atom. The Hall–Kier alpha value is -2.69. The third kappa shape index (κ3) is 3.87. The summed E-state index contributed by atoms with van der Waals surface area (Å²) in [5, 5.41) is 2.97. The van der Waals surface area contributed by atoms with Gasteiger partial charge in [0.2, 0.25) is 0 Å². The fraction of sp³-hybridized carbons (Fsp3) is 0.350. The van der Waals surface area contributed by atoms with Crippen LogP contribution in [0.3, 0.4) is 0 Å². The number of carbonyl (C=O) groups is 1. The summed E-state index contributed by atoms with van der Waals surface area (Å²) in [4.78, 5) is 14.7. The van der Waals surface area contributed by atoms with Crippen LogP contribution in [0.15, 0.2) is 42.5 Å². The van der Waals surface area contributed by atoms with E-state index in [-0.39, 0.29) is 12.1 Å². The van der Waals surface area contributed by atoms with Gasteiger partial charge in [0.1, 0.15) is 11.5 Å². The summed E-state index contributed by atoms with van der Waals surface area (Å²) in [6.45, 7) is 2.82. The van der Waals surface area contributed by atoms with Crippen molar-refractivity contribution in [3.8, 4) is 11.5 Å². The van der Waals surface area contributed by atoms with Crippen molar-refractivity contribution in [2.75, 3.05) is 26.1 Å². The fourth-order valence-electron chi connectivity index (χ4n) is 3.22. The molecule has 0 saturated carbocycles. The zero-order valence-electron chi connectivity index (χ0n) is 14.9. The van der Waals surface area contributed by atoms with Gasteiger partial charge in [0.15, 0.2) is 0 Å². The average Bonchev–Trinajstić information content (AvgIpc) is 3.11. The Labute approximate surface area is 148 Å². The van der Waals surface area contributed by atoms with Crippen LogP contribution in [0.25, 0.3) is 0 Å². The summed E-state index contributed by atoms with van der Waals surface area (Å²) in [5.41, 5.74) is 3.07. The Balaban J connectivity index is 1.77.